The summed E-state index contributed by atoms with van der Waals surface area (Å²) < 4.78 is 31.3. The lowest BCUT2D eigenvalue weighted by Gasteiger charge is -2.26. The molecule has 1 atom stereocenters. The number of anilines is 3. The maximum absolute atomic E-state index is 14.5. The zero-order chi connectivity index (χ0) is 22.9. The summed E-state index contributed by atoms with van der Waals surface area (Å²) in [5.41, 5.74) is 1.99. The number of nitrogens with one attached hydrogen (secondary N) is 1. The summed E-state index contributed by atoms with van der Waals surface area (Å²) in [4.78, 5) is 19.5. The number of halogens is 3. The number of hydrogen-bond donors (Lipinski definition) is 1. The molecule has 4 aromatic rings. The van der Waals surface area contributed by atoms with Gasteiger partial charge < -0.3 is 10.2 Å². The summed E-state index contributed by atoms with van der Waals surface area (Å²) in [5, 5.41) is 7.13. The minimum Gasteiger partial charge on any atom is -0.349 e. The molecule has 168 valence electrons. The molecule has 2 amide bonds. The summed E-state index contributed by atoms with van der Waals surface area (Å²) in [6, 6.07) is 13.8. The number of fused-ring (bicyclic) bond motifs is 1. The van der Waals surface area contributed by atoms with Crippen LogP contribution in [-0.2, 0) is 0 Å². The Bertz CT molecular complexity index is 1320. The molecular formula is C23H19F2IN6O. The van der Waals surface area contributed by atoms with E-state index in [1.807, 2.05) is 46.0 Å². The highest BCUT2D eigenvalue weighted by atomic mass is 127. The lowest BCUT2D eigenvalue weighted by atomic mass is 10.0. The van der Waals surface area contributed by atoms with Crippen molar-refractivity contribution in [1.29, 1.82) is 0 Å². The topological polar surface area (TPSA) is 65.8 Å². The molecule has 1 unspecified atom stereocenters. The monoisotopic (exact) mass is 560 g/mol. The van der Waals surface area contributed by atoms with E-state index in [9.17, 15) is 13.6 Å². The van der Waals surface area contributed by atoms with Crippen LogP contribution in [0.2, 0.25) is 0 Å². The van der Waals surface area contributed by atoms with E-state index in [2.05, 4.69) is 10.4 Å². The van der Waals surface area contributed by atoms with Gasteiger partial charge in [-0.2, -0.15) is 5.10 Å². The predicted molar refractivity (Wildman–Crippen MR) is 131 cm³/mol. The number of benzene rings is 2. The molecule has 2 aromatic heterocycles. The SMILES string of the molecule is O=C(Nc1ccccc1)N(I)c1cnn2ccc(N3CCCC3c3cc(F)ccc3F)nc12. The van der Waals surface area contributed by atoms with E-state index in [4.69, 9.17) is 4.98 Å². The Balaban J connectivity index is 1.45. The quantitative estimate of drug-likeness (QED) is 0.256. The number of carbonyl (C=O) groups excluding carboxylic acids is 1. The Morgan fingerprint density at radius 3 is 2.79 bits per heavy atom. The molecule has 3 heterocycles. The number of para-hydroxylation sites is 1. The number of nitrogens with zero attached hydrogens (tertiary/aromatic N) is 5. The van der Waals surface area contributed by atoms with Gasteiger partial charge in [0.05, 0.1) is 35.1 Å². The number of carbonyl (C=O) groups is 1. The van der Waals surface area contributed by atoms with E-state index in [0.29, 0.717) is 41.4 Å². The van der Waals surface area contributed by atoms with E-state index in [-0.39, 0.29) is 12.1 Å². The summed E-state index contributed by atoms with van der Waals surface area (Å²) in [7, 11) is 0. The van der Waals surface area contributed by atoms with Crippen LogP contribution >= 0.6 is 22.9 Å². The Hall–Kier alpha value is -3.28. The van der Waals surface area contributed by atoms with Crippen LogP contribution < -0.4 is 13.3 Å². The van der Waals surface area contributed by atoms with Gasteiger partial charge in [0.2, 0.25) is 0 Å². The number of aromatic nitrogens is 3. The normalized spacial score (nSPS) is 15.7. The van der Waals surface area contributed by atoms with Gasteiger partial charge in [0, 0.05) is 24.0 Å². The molecule has 0 bridgehead atoms. The molecule has 1 aliphatic heterocycles. The zero-order valence-corrected chi connectivity index (χ0v) is 19.5. The van der Waals surface area contributed by atoms with Gasteiger partial charge >= 0.3 is 6.03 Å². The second-order valence-electron chi connectivity index (χ2n) is 7.68. The van der Waals surface area contributed by atoms with Crippen molar-refractivity contribution in [2.75, 3.05) is 19.9 Å². The Morgan fingerprint density at radius 1 is 1.15 bits per heavy atom. The van der Waals surface area contributed by atoms with Crippen molar-refractivity contribution in [2.24, 2.45) is 0 Å². The highest BCUT2D eigenvalue weighted by Crippen LogP contribution is 2.37. The molecule has 0 aliphatic carbocycles. The van der Waals surface area contributed by atoms with Gasteiger partial charge in [-0.1, -0.05) is 18.2 Å². The van der Waals surface area contributed by atoms with Gasteiger partial charge in [0.1, 0.15) is 23.1 Å². The maximum atomic E-state index is 14.5. The Kier molecular flexibility index (Phi) is 5.83. The predicted octanol–water partition coefficient (Wildman–Crippen LogP) is 5.74. The Morgan fingerprint density at radius 2 is 1.97 bits per heavy atom. The van der Waals surface area contributed by atoms with E-state index >= 15 is 0 Å². The van der Waals surface area contributed by atoms with E-state index in [1.54, 1.807) is 35.1 Å². The van der Waals surface area contributed by atoms with Crippen LogP contribution in [-0.4, -0.2) is 27.2 Å². The van der Waals surface area contributed by atoms with E-state index < -0.39 is 11.6 Å². The van der Waals surface area contributed by atoms with Crippen LogP contribution in [0.5, 0.6) is 0 Å². The summed E-state index contributed by atoms with van der Waals surface area (Å²) in [5.74, 6) is -0.288. The smallest absolute Gasteiger partial charge is 0.335 e. The molecule has 1 aliphatic rings. The van der Waals surface area contributed by atoms with Gasteiger partial charge in [-0.25, -0.2) is 26.2 Å². The molecule has 0 radical (unpaired) electrons. The fourth-order valence-corrected chi connectivity index (χ4v) is 4.54. The van der Waals surface area contributed by atoms with Crippen LogP contribution in [0, 0.1) is 11.6 Å². The zero-order valence-electron chi connectivity index (χ0n) is 17.3. The van der Waals surface area contributed by atoms with E-state index in [1.165, 1.54) is 9.18 Å². The van der Waals surface area contributed by atoms with Crippen molar-refractivity contribution in [3.63, 3.8) is 0 Å². The summed E-state index contributed by atoms with van der Waals surface area (Å²) in [6.45, 7) is 0.662. The molecule has 10 heteroatoms. The van der Waals surface area contributed by atoms with Crippen LogP contribution in [0.25, 0.3) is 5.65 Å². The van der Waals surface area contributed by atoms with Crippen molar-refractivity contribution < 1.29 is 13.6 Å². The molecule has 1 saturated heterocycles. The fraction of sp³-hybridized carbons (Fsp3) is 0.174. The largest absolute Gasteiger partial charge is 0.349 e. The lowest BCUT2D eigenvalue weighted by molar-refractivity contribution is 0.260. The average molecular weight is 560 g/mol. The van der Waals surface area contributed by atoms with Crippen molar-refractivity contribution in [3.8, 4) is 0 Å². The first kappa shape index (κ1) is 21.6. The standard InChI is InChI=1S/C23H19F2IN6O/c24-15-8-9-18(25)17(13-15)19-7-4-11-30(19)21-10-12-31-22(29-21)20(14-27-31)32(26)23(33)28-16-5-2-1-3-6-16/h1-3,5-6,8-10,12-14,19H,4,7,11H2,(H,28,33). The van der Waals surface area contributed by atoms with Crippen LogP contribution in [0.15, 0.2) is 67.0 Å². The Labute approximate surface area is 202 Å². The van der Waals surface area contributed by atoms with E-state index in [0.717, 1.165) is 18.6 Å². The molecule has 7 nitrogen and oxygen atoms in total. The van der Waals surface area contributed by atoms with Crippen molar-refractivity contribution in [1.82, 2.24) is 14.6 Å². The van der Waals surface area contributed by atoms with Gasteiger partial charge in [0.15, 0.2) is 5.65 Å². The first-order chi connectivity index (χ1) is 16.0. The number of urea groups is 1. The summed E-state index contributed by atoms with van der Waals surface area (Å²) >= 11 is 1.91. The third kappa shape index (κ3) is 4.22. The van der Waals surface area contributed by atoms with Gasteiger partial charge in [-0.15, -0.1) is 0 Å². The molecule has 5 rings (SSSR count). The van der Waals surface area contributed by atoms with Crippen molar-refractivity contribution >= 4 is 51.7 Å². The minimum atomic E-state index is -0.468. The first-order valence-corrected chi connectivity index (χ1v) is 11.4. The molecular weight excluding hydrogens is 541 g/mol. The minimum absolute atomic E-state index is 0.320. The van der Waals surface area contributed by atoms with Gasteiger partial charge in [-0.3, -0.25) is 0 Å². The molecule has 0 spiro atoms. The highest BCUT2D eigenvalue weighted by molar-refractivity contribution is 14.1. The molecule has 33 heavy (non-hydrogen) atoms. The molecule has 1 N–H and O–H groups in total. The molecule has 0 saturated carbocycles. The van der Waals surface area contributed by atoms with Crippen molar-refractivity contribution in [2.45, 2.75) is 18.9 Å². The molecule has 2 aromatic carbocycles. The van der Waals surface area contributed by atoms with Gasteiger partial charge in [-0.05, 0) is 49.2 Å². The average Bonchev–Trinajstić information content (AvgIpc) is 3.47. The van der Waals surface area contributed by atoms with Crippen LogP contribution in [0.1, 0.15) is 24.4 Å². The van der Waals surface area contributed by atoms with Crippen LogP contribution in [0.4, 0.5) is 30.8 Å². The summed E-state index contributed by atoms with van der Waals surface area (Å²) in [6.07, 6.45) is 4.84. The maximum Gasteiger partial charge on any atom is 0.335 e. The second-order valence-corrected chi connectivity index (χ2v) is 8.64. The fourth-order valence-electron chi connectivity index (χ4n) is 4.08. The first-order valence-electron chi connectivity index (χ1n) is 10.4. The van der Waals surface area contributed by atoms with Crippen molar-refractivity contribution in [3.05, 3.63) is 84.2 Å². The number of rotatable bonds is 4. The number of hydrogen-bond acceptors (Lipinski definition) is 4. The second kappa shape index (κ2) is 8.93. The highest BCUT2D eigenvalue weighted by Gasteiger charge is 2.30. The molecule has 1 fully saturated rings. The van der Waals surface area contributed by atoms with Gasteiger partial charge in [0.25, 0.3) is 0 Å². The van der Waals surface area contributed by atoms with Crippen LogP contribution in [0.3, 0.4) is 0 Å². The third-order valence-corrected chi connectivity index (χ3v) is 6.57. The lowest BCUT2D eigenvalue weighted by Crippen LogP contribution is -2.26. The number of amides is 2. The third-order valence-electron chi connectivity index (χ3n) is 5.61.